The maximum Gasteiger partial charge on any atom is 0.407 e. The van der Waals surface area contributed by atoms with Gasteiger partial charge in [0.2, 0.25) is 0 Å². The molecule has 70 valence electrons. The summed E-state index contributed by atoms with van der Waals surface area (Å²) in [6.45, 7) is 2.03. The molecule has 0 aliphatic carbocycles. The van der Waals surface area contributed by atoms with E-state index in [0.717, 1.165) is 25.9 Å². The second-order valence-electron chi connectivity index (χ2n) is 3.16. The summed E-state index contributed by atoms with van der Waals surface area (Å²) in [5.41, 5.74) is 0. The van der Waals surface area contributed by atoms with E-state index in [1.165, 1.54) is 0 Å². The van der Waals surface area contributed by atoms with Crippen molar-refractivity contribution in [3.63, 3.8) is 0 Å². The predicted octanol–water partition coefficient (Wildman–Crippen LogP) is 0.437. The number of carbonyl (C=O) groups excluding carboxylic acids is 1. The van der Waals surface area contributed by atoms with Crippen molar-refractivity contribution in [2.45, 2.75) is 18.9 Å². The van der Waals surface area contributed by atoms with Crippen LogP contribution in [0.1, 0.15) is 12.8 Å². The summed E-state index contributed by atoms with van der Waals surface area (Å²) < 4.78 is 5.11. The lowest BCUT2D eigenvalue weighted by atomic mass is 10.1. The fraction of sp³-hybridized carbons (Fsp3) is 0.875. The van der Waals surface area contributed by atoms with E-state index in [4.69, 9.17) is 4.74 Å². The van der Waals surface area contributed by atoms with Crippen molar-refractivity contribution >= 4 is 6.09 Å². The molecule has 0 atom stereocenters. The molecular formula is C8H16N2O2. The highest BCUT2D eigenvalue weighted by molar-refractivity contribution is 5.66. The van der Waals surface area contributed by atoms with Gasteiger partial charge in [0, 0.05) is 20.1 Å². The predicted molar refractivity (Wildman–Crippen MR) is 46.1 cm³/mol. The molecule has 0 aromatic rings. The first-order valence-electron chi connectivity index (χ1n) is 4.29. The van der Waals surface area contributed by atoms with Gasteiger partial charge in [-0.15, -0.1) is 0 Å². The minimum absolute atomic E-state index is 0.112. The van der Waals surface area contributed by atoms with E-state index in [-0.39, 0.29) is 12.2 Å². The van der Waals surface area contributed by atoms with Crippen LogP contribution >= 0.6 is 0 Å². The highest BCUT2D eigenvalue weighted by Crippen LogP contribution is 2.11. The second-order valence-corrected chi connectivity index (χ2v) is 3.16. The lowest BCUT2D eigenvalue weighted by Crippen LogP contribution is -2.36. The number of hydrogen-bond acceptors (Lipinski definition) is 3. The number of nitrogens with zero attached hydrogens (tertiary/aromatic N) is 1. The zero-order valence-corrected chi connectivity index (χ0v) is 7.67. The fourth-order valence-electron chi connectivity index (χ4n) is 1.31. The Labute approximate surface area is 72.9 Å². The van der Waals surface area contributed by atoms with Gasteiger partial charge >= 0.3 is 6.09 Å². The summed E-state index contributed by atoms with van der Waals surface area (Å²) in [6.07, 6.45) is 1.69. The first-order valence-corrected chi connectivity index (χ1v) is 4.29. The van der Waals surface area contributed by atoms with Crippen LogP contribution in [0.3, 0.4) is 0 Å². The van der Waals surface area contributed by atoms with Gasteiger partial charge in [0.25, 0.3) is 0 Å². The lowest BCUT2D eigenvalue weighted by Gasteiger charge is -2.28. The van der Waals surface area contributed by atoms with Crippen LogP contribution < -0.4 is 5.32 Å². The SMILES string of the molecule is CNC(=O)OC1CCN(C)CC1. The largest absolute Gasteiger partial charge is 0.446 e. The van der Waals surface area contributed by atoms with E-state index in [2.05, 4.69) is 17.3 Å². The molecule has 1 amide bonds. The molecule has 12 heavy (non-hydrogen) atoms. The van der Waals surface area contributed by atoms with Gasteiger partial charge in [-0.3, -0.25) is 0 Å². The van der Waals surface area contributed by atoms with Crippen LogP contribution in [0.4, 0.5) is 4.79 Å². The summed E-state index contributed by atoms with van der Waals surface area (Å²) in [5.74, 6) is 0. The van der Waals surface area contributed by atoms with Crippen LogP contribution in [-0.4, -0.2) is 44.3 Å². The zero-order valence-electron chi connectivity index (χ0n) is 7.67. The molecule has 1 saturated heterocycles. The first kappa shape index (κ1) is 9.32. The number of piperidine rings is 1. The van der Waals surface area contributed by atoms with E-state index < -0.39 is 0 Å². The third-order valence-corrected chi connectivity index (χ3v) is 2.14. The van der Waals surface area contributed by atoms with Crippen molar-refractivity contribution in [3.05, 3.63) is 0 Å². The highest BCUT2D eigenvalue weighted by Gasteiger charge is 2.19. The van der Waals surface area contributed by atoms with E-state index in [1.807, 2.05) is 0 Å². The summed E-state index contributed by atoms with van der Waals surface area (Å²) in [5, 5.41) is 2.45. The van der Waals surface area contributed by atoms with Crippen molar-refractivity contribution < 1.29 is 9.53 Å². The van der Waals surface area contributed by atoms with Gasteiger partial charge in [0.1, 0.15) is 6.10 Å². The van der Waals surface area contributed by atoms with Crippen molar-refractivity contribution in [1.29, 1.82) is 0 Å². The molecule has 0 radical (unpaired) electrons. The number of ether oxygens (including phenoxy) is 1. The molecule has 0 bridgehead atoms. The fourth-order valence-corrected chi connectivity index (χ4v) is 1.31. The Bertz CT molecular complexity index is 153. The minimum atomic E-state index is -0.315. The van der Waals surface area contributed by atoms with Crippen molar-refractivity contribution in [2.75, 3.05) is 27.2 Å². The summed E-state index contributed by atoms with van der Waals surface area (Å²) >= 11 is 0. The molecule has 0 aromatic carbocycles. The molecular weight excluding hydrogens is 156 g/mol. The molecule has 0 saturated carbocycles. The van der Waals surface area contributed by atoms with Crippen LogP contribution in [0.2, 0.25) is 0 Å². The van der Waals surface area contributed by atoms with E-state index in [9.17, 15) is 4.79 Å². The van der Waals surface area contributed by atoms with Gasteiger partial charge in [-0.1, -0.05) is 0 Å². The van der Waals surface area contributed by atoms with Gasteiger partial charge in [-0.05, 0) is 19.9 Å². The Balaban J connectivity index is 2.21. The highest BCUT2D eigenvalue weighted by atomic mass is 16.6. The first-order chi connectivity index (χ1) is 5.72. The quantitative estimate of drug-likeness (QED) is 0.624. The molecule has 1 rings (SSSR count). The molecule has 1 aliphatic rings. The monoisotopic (exact) mass is 172 g/mol. The normalized spacial score (nSPS) is 20.5. The molecule has 0 spiro atoms. The maximum atomic E-state index is 10.8. The smallest absolute Gasteiger partial charge is 0.407 e. The molecule has 1 N–H and O–H groups in total. The Morgan fingerprint density at radius 1 is 1.50 bits per heavy atom. The molecule has 1 heterocycles. The van der Waals surface area contributed by atoms with Crippen molar-refractivity contribution in [2.24, 2.45) is 0 Å². The standard InChI is InChI=1S/C8H16N2O2/c1-9-8(11)12-7-3-5-10(2)6-4-7/h7H,3-6H2,1-2H3,(H,9,11). The number of nitrogens with one attached hydrogen (secondary N) is 1. The van der Waals surface area contributed by atoms with E-state index in [0.29, 0.717) is 0 Å². The van der Waals surface area contributed by atoms with Crippen molar-refractivity contribution in [3.8, 4) is 0 Å². The number of likely N-dealkylation sites (tertiary alicyclic amines) is 1. The number of amides is 1. The molecule has 4 nitrogen and oxygen atoms in total. The molecule has 1 aliphatic heterocycles. The minimum Gasteiger partial charge on any atom is -0.446 e. The maximum absolute atomic E-state index is 10.8. The average Bonchev–Trinajstić information content (AvgIpc) is 2.09. The van der Waals surface area contributed by atoms with Gasteiger partial charge < -0.3 is 15.0 Å². The Morgan fingerprint density at radius 2 is 2.08 bits per heavy atom. The van der Waals surface area contributed by atoms with Crippen LogP contribution in [-0.2, 0) is 4.74 Å². The zero-order chi connectivity index (χ0) is 8.97. The van der Waals surface area contributed by atoms with Crippen LogP contribution in [0, 0.1) is 0 Å². The second kappa shape index (κ2) is 4.30. The molecule has 0 unspecified atom stereocenters. The van der Waals surface area contributed by atoms with Crippen LogP contribution in [0.25, 0.3) is 0 Å². The Kier molecular flexibility index (Phi) is 3.34. The van der Waals surface area contributed by atoms with Gasteiger partial charge in [-0.2, -0.15) is 0 Å². The van der Waals surface area contributed by atoms with Crippen LogP contribution in [0.5, 0.6) is 0 Å². The lowest BCUT2D eigenvalue weighted by molar-refractivity contribution is 0.0584. The number of hydrogen-bond donors (Lipinski definition) is 1. The molecule has 1 fully saturated rings. The summed E-state index contributed by atoms with van der Waals surface area (Å²) in [7, 11) is 3.66. The van der Waals surface area contributed by atoms with Crippen molar-refractivity contribution in [1.82, 2.24) is 10.2 Å². The van der Waals surface area contributed by atoms with E-state index >= 15 is 0 Å². The average molecular weight is 172 g/mol. The van der Waals surface area contributed by atoms with Gasteiger partial charge in [0.05, 0.1) is 0 Å². The third kappa shape index (κ3) is 2.70. The molecule has 0 aromatic heterocycles. The summed E-state index contributed by atoms with van der Waals surface area (Å²) in [4.78, 5) is 13.1. The van der Waals surface area contributed by atoms with Crippen LogP contribution in [0.15, 0.2) is 0 Å². The number of carbonyl (C=O) groups is 1. The topological polar surface area (TPSA) is 41.6 Å². The Morgan fingerprint density at radius 3 is 2.58 bits per heavy atom. The molecule has 4 heteroatoms. The Hall–Kier alpha value is -0.770. The summed E-state index contributed by atoms with van der Waals surface area (Å²) in [6, 6.07) is 0. The number of alkyl carbamates (subject to hydrolysis) is 1. The van der Waals surface area contributed by atoms with Gasteiger partial charge in [-0.25, -0.2) is 4.79 Å². The van der Waals surface area contributed by atoms with E-state index in [1.54, 1.807) is 7.05 Å². The van der Waals surface area contributed by atoms with Gasteiger partial charge in [0.15, 0.2) is 0 Å². The number of rotatable bonds is 1. The third-order valence-electron chi connectivity index (χ3n) is 2.14.